The minimum atomic E-state index is -0.359. The quantitative estimate of drug-likeness (QED) is 0.0686. The van der Waals surface area contributed by atoms with Gasteiger partial charge in [0.2, 0.25) is 11.5 Å². The van der Waals surface area contributed by atoms with Crippen LogP contribution in [0.15, 0.2) is 77.3 Å². The third-order valence-electron chi connectivity index (χ3n) is 9.80. The van der Waals surface area contributed by atoms with Crippen LogP contribution in [0.3, 0.4) is 0 Å². The van der Waals surface area contributed by atoms with Crippen molar-refractivity contribution in [2.75, 3.05) is 61.2 Å². The Hall–Kier alpha value is -6.24. The van der Waals surface area contributed by atoms with Crippen LogP contribution in [0.25, 0.3) is 22.6 Å². The summed E-state index contributed by atoms with van der Waals surface area (Å²) in [6.07, 6.45) is 6.92. The van der Waals surface area contributed by atoms with E-state index in [1.165, 1.54) is 0 Å². The summed E-state index contributed by atoms with van der Waals surface area (Å²) in [6, 6.07) is 22.4. The van der Waals surface area contributed by atoms with Crippen LogP contribution >= 0.6 is 0 Å². The van der Waals surface area contributed by atoms with Gasteiger partial charge < -0.3 is 53.1 Å². The first-order chi connectivity index (χ1) is 27.9. The van der Waals surface area contributed by atoms with E-state index in [1.54, 1.807) is 60.9 Å². The van der Waals surface area contributed by atoms with Crippen molar-refractivity contribution >= 4 is 11.6 Å². The van der Waals surface area contributed by atoms with E-state index in [-0.39, 0.29) is 12.1 Å². The molecule has 13 heteroatoms. The van der Waals surface area contributed by atoms with E-state index in [2.05, 4.69) is 15.8 Å². The molecule has 0 spiro atoms. The van der Waals surface area contributed by atoms with Crippen molar-refractivity contribution in [3.8, 4) is 68.6 Å². The van der Waals surface area contributed by atoms with Gasteiger partial charge in [-0.1, -0.05) is 55.5 Å². The van der Waals surface area contributed by atoms with Gasteiger partial charge in [-0.15, -0.1) is 0 Å². The average molecular weight is 782 g/mol. The second-order valence-corrected chi connectivity index (χ2v) is 13.3. The van der Waals surface area contributed by atoms with E-state index >= 15 is 0 Å². The van der Waals surface area contributed by atoms with Gasteiger partial charge in [0.25, 0.3) is 5.91 Å². The maximum absolute atomic E-state index is 12.6. The number of benzene rings is 4. The zero-order valence-electron chi connectivity index (χ0n) is 33.4. The van der Waals surface area contributed by atoms with Crippen LogP contribution in [0.4, 0.5) is 5.69 Å². The Morgan fingerprint density at radius 1 is 0.561 bits per heavy atom. The molecule has 1 aliphatic heterocycles. The molecular formula is C44H51N3O10. The molecule has 0 radical (unpaired) electrons. The lowest BCUT2D eigenvalue weighted by Crippen LogP contribution is -2.38. The van der Waals surface area contributed by atoms with E-state index in [9.17, 15) is 4.79 Å². The van der Waals surface area contributed by atoms with Crippen LogP contribution in [0, 0.1) is 0 Å². The zero-order chi connectivity index (χ0) is 40.1. The molecule has 0 bridgehead atoms. The highest BCUT2D eigenvalue weighted by atomic mass is 16.5. The lowest BCUT2D eigenvalue weighted by molar-refractivity contribution is 0.0935. The number of fused-ring (bicyclic) bond motifs is 1. The van der Waals surface area contributed by atoms with E-state index in [1.807, 2.05) is 54.6 Å². The Morgan fingerprint density at radius 3 is 1.86 bits per heavy atom. The zero-order valence-corrected chi connectivity index (χ0v) is 33.4. The highest BCUT2D eigenvalue weighted by molar-refractivity contribution is 6.01. The molecule has 302 valence electrons. The number of nitrogens with one attached hydrogen (secondary N) is 2. The Morgan fingerprint density at radius 2 is 1.19 bits per heavy atom. The molecule has 0 aliphatic carbocycles. The number of ether oxygens (including phenoxy) is 8. The van der Waals surface area contributed by atoms with E-state index in [0.717, 1.165) is 56.2 Å². The van der Waals surface area contributed by atoms with Crippen LogP contribution < -0.4 is 48.5 Å². The summed E-state index contributed by atoms with van der Waals surface area (Å²) in [6.45, 7) is 1.11. The average Bonchev–Trinajstić information content (AvgIpc) is 3.75. The molecule has 6 rings (SSSR count). The number of methoxy groups -OCH3 is 6. The molecule has 57 heavy (non-hydrogen) atoms. The first-order valence-corrected chi connectivity index (χ1v) is 19.0. The number of anilines is 1. The van der Waals surface area contributed by atoms with Crippen molar-refractivity contribution < 1.29 is 47.2 Å². The van der Waals surface area contributed by atoms with Crippen molar-refractivity contribution in [2.24, 2.45) is 0 Å². The molecule has 13 nitrogen and oxygen atoms in total. The molecule has 1 unspecified atom stereocenters. The fourth-order valence-corrected chi connectivity index (χ4v) is 6.81. The van der Waals surface area contributed by atoms with Gasteiger partial charge in [0.1, 0.15) is 11.9 Å². The molecule has 2 heterocycles. The third kappa shape index (κ3) is 9.42. The number of amides is 1. The number of carbonyl (C=O) groups excluding carboxylic acids is 1. The van der Waals surface area contributed by atoms with E-state index in [4.69, 9.17) is 42.4 Å². The summed E-state index contributed by atoms with van der Waals surface area (Å²) in [5.41, 5.74) is 4.30. The maximum atomic E-state index is 12.6. The SMILES string of the molecule is COc1cc(C2NC(=O)c3ccccc3N2)ccc1OCCCCCCCCCOc1c(OC)ccc(-c2cc(-c3cc(OC)c(OC)c(OC)c3)on2)c1OC. The summed E-state index contributed by atoms with van der Waals surface area (Å²) in [5.74, 6) is 4.82. The summed E-state index contributed by atoms with van der Waals surface area (Å²) >= 11 is 0. The number of nitrogens with zero attached hydrogens (tertiary/aromatic N) is 1. The monoisotopic (exact) mass is 781 g/mol. The normalized spacial score (nSPS) is 13.2. The molecule has 1 aromatic heterocycles. The molecule has 1 aliphatic rings. The Bertz CT molecular complexity index is 2090. The highest BCUT2D eigenvalue weighted by Crippen LogP contribution is 2.46. The first kappa shape index (κ1) is 40.4. The van der Waals surface area contributed by atoms with Gasteiger partial charge in [-0.05, 0) is 66.9 Å². The number of hydrogen-bond acceptors (Lipinski definition) is 12. The predicted octanol–water partition coefficient (Wildman–Crippen LogP) is 9.10. The van der Waals surface area contributed by atoms with Gasteiger partial charge >= 0.3 is 0 Å². The fraction of sp³-hybridized carbons (Fsp3) is 0.364. The van der Waals surface area contributed by atoms with Crippen LogP contribution in [0.1, 0.15) is 67.0 Å². The van der Waals surface area contributed by atoms with Gasteiger partial charge in [0, 0.05) is 22.9 Å². The third-order valence-corrected chi connectivity index (χ3v) is 9.80. The van der Waals surface area contributed by atoms with E-state index < -0.39 is 0 Å². The van der Waals surface area contributed by atoms with Gasteiger partial charge in [0.05, 0.1) is 61.4 Å². The lowest BCUT2D eigenvalue weighted by Gasteiger charge is -2.28. The van der Waals surface area contributed by atoms with Crippen LogP contribution in [0.5, 0.6) is 46.0 Å². The van der Waals surface area contributed by atoms with Crippen LogP contribution in [0.2, 0.25) is 0 Å². The number of hydrogen-bond donors (Lipinski definition) is 2. The minimum absolute atomic E-state index is 0.111. The Labute approximate surface area is 333 Å². The van der Waals surface area contributed by atoms with Crippen LogP contribution in [-0.4, -0.2) is 66.9 Å². The van der Waals surface area contributed by atoms with Gasteiger partial charge in [-0.2, -0.15) is 0 Å². The number of rotatable bonds is 21. The Balaban J connectivity index is 0.934. The fourth-order valence-electron chi connectivity index (χ4n) is 6.81. The highest BCUT2D eigenvalue weighted by Gasteiger charge is 2.26. The summed E-state index contributed by atoms with van der Waals surface area (Å²) in [7, 11) is 9.51. The molecule has 2 N–H and O–H groups in total. The van der Waals surface area contributed by atoms with Crippen LogP contribution in [-0.2, 0) is 0 Å². The van der Waals surface area contributed by atoms with Crippen molar-refractivity contribution in [1.29, 1.82) is 0 Å². The predicted molar refractivity (Wildman–Crippen MR) is 217 cm³/mol. The van der Waals surface area contributed by atoms with Crippen molar-refractivity contribution in [1.82, 2.24) is 10.5 Å². The van der Waals surface area contributed by atoms with Crippen molar-refractivity contribution in [3.05, 3.63) is 83.9 Å². The number of carbonyl (C=O) groups is 1. The molecule has 0 saturated heterocycles. The number of aromatic nitrogens is 1. The topological polar surface area (TPSA) is 141 Å². The smallest absolute Gasteiger partial charge is 0.255 e. The van der Waals surface area contributed by atoms with Gasteiger partial charge in [-0.3, -0.25) is 4.79 Å². The molecule has 0 saturated carbocycles. The molecular weight excluding hydrogens is 730 g/mol. The minimum Gasteiger partial charge on any atom is -0.493 e. The molecule has 0 fully saturated rings. The van der Waals surface area contributed by atoms with Gasteiger partial charge in [0.15, 0.2) is 40.3 Å². The largest absolute Gasteiger partial charge is 0.493 e. The summed E-state index contributed by atoms with van der Waals surface area (Å²) in [4.78, 5) is 12.6. The first-order valence-electron chi connectivity index (χ1n) is 19.0. The second-order valence-electron chi connectivity index (χ2n) is 13.3. The van der Waals surface area contributed by atoms with Crippen molar-refractivity contribution in [3.63, 3.8) is 0 Å². The molecule has 5 aromatic rings. The maximum Gasteiger partial charge on any atom is 0.255 e. The second kappa shape index (κ2) is 19.6. The summed E-state index contributed by atoms with van der Waals surface area (Å²) in [5, 5.41) is 10.7. The Kier molecular flexibility index (Phi) is 13.9. The van der Waals surface area contributed by atoms with E-state index in [0.29, 0.717) is 87.4 Å². The number of unbranched alkanes of at least 4 members (excludes halogenated alkanes) is 6. The standard InChI is InChI=1S/C44H51N3O10/c1-49-35-21-19-30(33-27-36(57-47-33)29-25-38(51-3)41(54-6)39(26-29)52-4)40(53-5)42(35)56-23-15-11-9-7-8-10-14-22-55-34-20-18-28(24-37(34)50-2)43-45-32-17-13-12-16-31(32)44(48)46-43/h12-13,16-21,24-27,43,45H,7-11,14-15,22-23H2,1-6H3,(H,46,48). The lowest BCUT2D eigenvalue weighted by atomic mass is 10.1. The number of para-hydroxylation sites is 1. The molecule has 1 atom stereocenters. The summed E-state index contributed by atoms with van der Waals surface area (Å²) < 4.78 is 51.7. The molecule has 1 amide bonds. The van der Waals surface area contributed by atoms with Crippen molar-refractivity contribution in [2.45, 2.75) is 51.1 Å². The van der Waals surface area contributed by atoms with Gasteiger partial charge in [-0.25, -0.2) is 0 Å². The molecule has 4 aromatic carbocycles.